The molecule has 22 heavy (non-hydrogen) atoms. The normalized spacial score (nSPS) is 20.4. The van der Waals surface area contributed by atoms with Crippen LogP contribution in [0, 0.1) is 5.92 Å². The second kappa shape index (κ2) is 8.76. The van der Waals surface area contributed by atoms with Gasteiger partial charge in [-0.15, -0.1) is 0 Å². The summed E-state index contributed by atoms with van der Waals surface area (Å²) in [5, 5.41) is 15.8. The molecule has 2 rings (SSSR count). The third-order valence-electron chi connectivity index (χ3n) is 4.16. The van der Waals surface area contributed by atoms with Gasteiger partial charge in [0.15, 0.2) is 0 Å². The zero-order valence-electron chi connectivity index (χ0n) is 13.3. The van der Waals surface area contributed by atoms with Crippen LogP contribution in [0.15, 0.2) is 30.3 Å². The van der Waals surface area contributed by atoms with E-state index in [1.54, 1.807) is 0 Å². The summed E-state index contributed by atoms with van der Waals surface area (Å²) < 4.78 is 0. The lowest BCUT2D eigenvalue weighted by molar-refractivity contribution is 0.166. The van der Waals surface area contributed by atoms with Crippen LogP contribution in [0.4, 0.5) is 4.79 Å². The lowest BCUT2D eigenvalue weighted by atomic mass is 9.99. The van der Waals surface area contributed by atoms with Gasteiger partial charge in [-0.05, 0) is 44.3 Å². The lowest BCUT2D eigenvalue weighted by Gasteiger charge is -2.29. The Hall–Kier alpha value is -1.59. The van der Waals surface area contributed by atoms with E-state index in [4.69, 9.17) is 0 Å². The SMILES string of the molecule is CN1CCCC(CNC(=O)NCCC(O)c2ccccc2)C1. The first-order valence-electron chi connectivity index (χ1n) is 8.08. The number of hydrogen-bond acceptors (Lipinski definition) is 3. The van der Waals surface area contributed by atoms with E-state index >= 15 is 0 Å². The quantitative estimate of drug-likeness (QED) is 0.750. The molecule has 0 saturated carbocycles. The topological polar surface area (TPSA) is 64.6 Å². The molecule has 5 nitrogen and oxygen atoms in total. The van der Waals surface area contributed by atoms with Crippen molar-refractivity contribution in [2.24, 2.45) is 5.92 Å². The number of hydrogen-bond donors (Lipinski definition) is 3. The summed E-state index contributed by atoms with van der Waals surface area (Å²) in [5.41, 5.74) is 0.884. The van der Waals surface area contributed by atoms with Crippen molar-refractivity contribution in [3.05, 3.63) is 35.9 Å². The van der Waals surface area contributed by atoms with Crippen LogP contribution in [-0.4, -0.2) is 49.3 Å². The Balaban J connectivity index is 1.59. The van der Waals surface area contributed by atoms with Gasteiger partial charge in [-0.2, -0.15) is 0 Å². The van der Waals surface area contributed by atoms with Gasteiger partial charge in [-0.3, -0.25) is 0 Å². The van der Waals surface area contributed by atoms with Crippen LogP contribution in [0.25, 0.3) is 0 Å². The van der Waals surface area contributed by atoms with Gasteiger partial charge >= 0.3 is 6.03 Å². The van der Waals surface area contributed by atoms with Gasteiger partial charge < -0.3 is 20.6 Å². The van der Waals surface area contributed by atoms with E-state index in [1.807, 2.05) is 30.3 Å². The Labute approximate surface area is 132 Å². The highest BCUT2D eigenvalue weighted by Crippen LogP contribution is 2.15. The van der Waals surface area contributed by atoms with E-state index in [2.05, 4.69) is 22.6 Å². The summed E-state index contributed by atoms with van der Waals surface area (Å²) in [6, 6.07) is 9.37. The number of amides is 2. The summed E-state index contributed by atoms with van der Waals surface area (Å²) in [4.78, 5) is 14.1. The van der Waals surface area contributed by atoms with E-state index in [9.17, 15) is 9.90 Å². The third-order valence-corrected chi connectivity index (χ3v) is 4.16. The highest BCUT2D eigenvalue weighted by Gasteiger charge is 2.17. The van der Waals surface area contributed by atoms with Gasteiger partial charge in [0.05, 0.1) is 6.10 Å². The molecule has 1 aliphatic heterocycles. The molecule has 1 fully saturated rings. The number of piperidine rings is 1. The van der Waals surface area contributed by atoms with Crippen molar-refractivity contribution >= 4 is 6.03 Å². The molecule has 0 radical (unpaired) electrons. The van der Waals surface area contributed by atoms with Crippen LogP contribution in [0.3, 0.4) is 0 Å². The number of nitrogens with one attached hydrogen (secondary N) is 2. The number of aliphatic hydroxyl groups excluding tert-OH is 1. The fourth-order valence-corrected chi connectivity index (χ4v) is 2.90. The minimum atomic E-state index is -0.534. The first-order chi connectivity index (χ1) is 10.6. The Morgan fingerprint density at radius 1 is 1.36 bits per heavy atom. The average molecular weight is 305 g/mol. The van der Waals surface area contributed by atoms with Gasteiger partial charge in [0.1, 0.15) is 0 Å². The first kappa shape index (κ1) is 16.8. The maximum atomic E-state index is 11.8. The highest BCUT2D eigenvalue weighted by atomic mass is 16.3. The maximum Gasteiger partial charge on any atom is 0.314 e. The third kappa shape index (κ3) is 5.66. The average Bonchev–Trinajstić information content (AvgIpc) is 2.54. The molecule has 122 valence electrons. The van der Waals surface area contributed by atoms with Crippen LogP contribution in [-0.2, 0) is 0 Å². The number of carbonyl (C=O) groups excluding carboxylic acids is 1. The molecule has 0 aromatic heterocycles. The van der Waals surface area contributed by atoms with Gasteiger partial charge in [-0.25, -0.2) is 4.79 Å². The summed E-state index contributed by atoms with van der Waals surface area (Å²) >= 11 is 0. The molecular weight excluding hydrogens is 278 g/mol. The van der Waals surface area contributed by atoms with Crippen LogP contribution in [0.2, 0.25) is 0 Å². The lowest BCUT2D eigenvalue weighted by Crippen LogP contribution is -2.43. The molecule has 1 heterocycles. The molecule has 0 aliphatic carbocycles. The summed E-state index contributed by atoms with van der Waals surface area (Å²) in [7, 11) is 2.12. The van der Waals surface area contributed by atoms with Crippen LogP contribution in [0.1, 0.15) is 30.9 Å². The van der Waals surface area contributed by atoms with Crippen molar-refractivity contribution in [3.8, 4) is 0 Å². The number of benzene rings is 1. The van der Waals surface area contributed by atoms with E-state index < -0.39 is 6.10 Å². The Bertz CT molecular complexity index is 452. The van der Waals surface area contributed by atoms with Crippen LogP contribution in [0.5, 0.6) is 0 Å². The molecule has 0 bridgehead atoms. The highest BCUT2D eigenvalue weighted by molar-refractivity contribution is 5.73. The molecule has 0 spiro atoms. The summed E-state index contributed by atoms with van der Waals surface area (Å²) in [6.45, 7) is 3.39. The molecule has 2 amide bonds. The molecule has 2 atom stereocenters. The Kier molecular flexibility index (Phi) is 6.68. The molecule has 5 heteroatoms. The largest absolute Gasteiger partial charge is 0.388 e. The fourth-order valence-electron chi connectivity index (χ4n) is 2.90. The van der Waals surface area contributed by atoms with Crippen molar-refractivity contribution in [2.75, 3.05) is 33.2 Å². The van der Waals surface area contributed by atoms with E-state index in [1.165, 1.54) is 12.8 Å². The number of rotatable bonds is 6. The van der Waals surface area contributed by atoms with Crippen molar-refractivity contribution in [3.63, 3.8) is 0 Å². The standard InChI is InChI=1S/C17H27N3O2/c1-20-11-5-6-14(13-20)12-19-17(22)18-10-9-16(21)15-7-3-2-4-8-15/h2-4,7-8,14,16,21H,5-6,9-13H2,1H3,(H2,18,19,22). The monoisotopic (exact) mass is 305 g/mol. The minimum Gasteiger partial charge on any atom is -0.388 e. The molecule has 2 unspecified atom stereocenters. The Morgan fingerprint density at radius 3 is 2.86 bits per heavy atom. The minimum absolute atomic E-state index is 0.145. The van der Waals surface area contributed by atoms with Crippen molar-refractivity contribution in [2.45, 2.75) is 25.4 Å². The second-order valence-electron chi connectivity index (χ2n) is 6.12. The van der Waals surface area contributed by atoms with Gasteiger partial charge in [-0.1, -0.05) is 30.3 Å². The predicted molar refractivity (Wildman–Crippen MR) is 87.6 cm³/mol. The summed E-state index contributed by atoms with van der Waals surface area (Å²) in [5.74, 6) is 0.541. The molecule has 1 saturated heterocycles. The Morgan fingerprint density at radius 2 is 2.14 bits per heavy atom. The van der Waals surface area contributed by atoms with Crippen molar-refractivity contribution in [1.29, 1.82) is 0 Å². The number of likely N-dealkylation sites (tertiary alicyclic amines) is 1. The molecular formula is C17H27N3O2. The van der Waals surface area contributed by atoms with Crippen LogP contribution < -0.4 is 10.6 Å². The fraction of sp³-hybridized carbons (Fsp3) is 0.588. The number of aliphatic hydroxyl groups is 1. The number of urea groups is 1. The molecule has 1 aromatic carbocycles. The molecule has 3 N–H and O–H groups in total. The molecule has 1 aromatic rings. The number of nitrogens with zero attached hydrogens (tertiary/aromatic N) is 1. The van der Waals surface area contributed by atoms with E-state index in [-0.39, 0.29) is 6.03 Å². The second-order valence-corrected chi connectivity index (χ2v) is 6.12. The van der Waals surface area contributed by atoms with Crippen LogP contribution >= 0.6 is 0 Å². The van der Waals surface area contributed by atoms with Crippen molar-refractivity contribution in [1.82, 2.24) is 15.5 Å². The zero-order valence-corrected chi connectivity index (χ0v) is 13.3. The van der Waals surface area contributed by atoms with Gasteiger partial charge in [0.25, 0.3) is 0 Å². The first-order valence-corrected chi connectivity index (χ1v) is 8.08. The summed E-state index contributed by atoms with van der Waals surface area (Å²) in [6.07, 6.45) is 2.36. The smallest absolute Gasteiger partial charge is 0.314 e. The van der Waals surface area contributed by atoms with E-state index in [0.717, 1.165) is 25.2 Å². The van der Waals surface area contributed by atoms with E-state index in [0.29, 0.717) is 18.9 Å². The zero-order chi connectivity index (χ0) is 15.8. The van der Waals surface area contributed by atoms with Gasteiger partial charge in [0.2, 0.25) is 0 Å². The van der Waals surface area contributed by atoms with Crippen molar-refractivity contribution < 1.29 is 9.90 Å². The maximum absolute atomic E-state index is 11.8. The number of carbonyl (C=O) groups is 1. The molecule has 1 aliphatic rings. The van der Waals surface area contributed by atoms with Gasteiger partial charge in [0, 0.05) is 19.6 Å². The predicted octanol–water partition coefficient (Wildman–Crippen LogP) is 1.75.